The summed E-state index contributed by atoms with van der Waals surface area (Å²) in [5.41, 5.74) is 1.24. The summed E-state index contributed by atoms with van der Waals surface area (Å²) in [5, 5.41) is 9.37. The van der Waals surface area contributed by atoms with Gasteiger partial charge in [0.05, 0.1) is 16.1 Å². The molecule has 0 aliphatic heterocycles. The molecule has 0 spiro atoms. The minimum atomic E-state index is -3.78. The Hall–Kier alpha value is -3.03. The molecule has 0 heterocycles. The van der Waals surface area contributed by atoms with Gasteiger partial charge in [-0.1, -0.05) is 41.9 Å². The predicted octanol–water partition coefficient (Wildman–Crippen LogP) is 4.44. The van der Waals surface area contributed by atoms with Crippen molar-refractivity contribution in [1.82, 2.24) is 0 Å². The number of sulfonamides is 1. The maximum atomic E-state index is 12.9. The van der Waals surface area contributed by atoms with Gasteiger partial charge in [0, 0.05) is 18.1 Å². The van der Waals surface area contributed by atoms with Crippen LogP contribution >= 0.6 is 11.6 Å². The average Bonchev–Trinajstić information content (AvgIpc) is 2.72. The lowest BCUT2D eigenvalue weighted by atomic mass is 10.1. The number of rotatable bonds is 7. The number of nitrogens with zero attached hydrogens (tertiary/aromatic N) is 1. The zero-order chi connectivity index (χ0) is 21.0. The van der Waals surface area contributed by atoms with E-state index in [2.05, 4.69) is 0 Å². The quantitative estimate of drug-likeness (QED) is 0.597. The van der Waals surface area contributed by atoms with Crippen LogP contribution in [0.4, 0.5) is 5.69 Å². The summed E-state index contributed by atoms with van der Waals surface area (Å²) in [5.74, 6) is -0.718. The predicted molar refractivity (Wildman–Crippen MR) is 111 cm³/mol. The molecule has 6 nitrogen and oxygen atoms in total. The summed E-state index contributed by atoms with van der Waals surface area (Å²) >= 11 is 6.08. The van der Waals surface area contributed by atoms with Crippen LogP contribution in [0.1, 0.15) is 15.9 Å². The van der Waals surface area contributed by atoms with Crippen LogP contribution in [0.2, 0.25) is 5.02 Å². The lowest BCUT2D eigenvalue weighted by molar-refractivity contribution is 0.0697. The number of carboxylic acids is 1. The molecule has 0 bridgehead atoms. The molecule has 0 fully saturated rings. The van der Waals surface area contributed by atoms with Crippen LogP contribution in [0.25, 0.3) is 0 Å². The zero-order valence-corrected chi connectivity index (χ0v) is 17.0. The Morgan fingerprint density at radius 1 is 1.03 bits per heavy atom. The number of ether oxygens (including phenoxy) is 1. The van der Waals surface area contributed by atoms with Crippen molar-refractivity contribution in [3.63, 3.8) is 0 Å². The molecule has 3 rings (SSSR count). The Kier molecular flexibility index (Phi) is 6.10. The van der Waals surface area contributed by atoms with E-state index in [0.29, 0.717) is 16.5 Å². The first-order chi connectivity index (χ1) is 13.8. The van der Waals surface area contributed by atoms with Gasteiger partial charge in [-0.05, 0) is 42.0 Å². The molecule has 0 saturated carbocycles. The summed E-state index contributed by atoms with van der Waals surface area (Å²) < 4.78 is 32.8. The number of carbonyl (C=O) groups is 1. The number of carboxylic acid groups (broad SMARTS) is 1. The first kappa shape index (κ1) is 20.7. The van der Waals surface area contributed by atoms with Crippen LogP contribution in [0.5, 0.6) is 5.75 Å². The Morgan fingerprint density at radius 2 is 1.69 bits per heavy atom. The largest absolute Gasteiger partial charge is 0.487 e. The van der Waals surface area contributed by atoms with E-state index in [1.54, 1.807) is 48.5 Å². The maximum Gasteiger partial charge on any atom is 0.335 e. The van der Waals surface area contributed by atoms with Crippen molar-refractivity contribution in [3.05, 3.63) is 88.9 Å². The van der Waals surface area contributed by atoms with Gasteiger partial charge in [0.1, 0.15) is 12.4 Å². The van der Waals surface area contributed by atoms with E-state index in [-0.39, 0.29) is 17.1 Å². The van der Waals surface area contributed by atoms with Crippen molar-refractivity contribution in [2.45, 2.75) is 11.5 Å². The molecule has 0 aliphatic carbocycles. The summed E-state index contributed by atoms with van der Waals surface area (Å²) in [6.45, 7) is 0.118. The fourth-order valence-electron chi connectivity index (χ4n) is 2.65. The standard InChI is InChI=1S/C21H18ClNO5S/c1-23(29(26,27)18-5-3-2-4-6-18)19-12-11-17(22)13-20(19)28-14-15-7-9-16(10-8-15)21(24)25/h2-13H,14H2,1H3,(H,24,25). The SMILES string of the molecule is CN(c1ccc(Cl)cc1OCc1ccc(C(=O)O)cc1)S(=O)(=O)c1ccccc1. The normalized spacial score (nSPS) is 11.1. The molecule has 1 N–H and O–H groups in total. The molecule has 0 radical (unpaired) electrons. The van der Waals surface area contributed by atoms with Gasteiger partial charge >= 0.3 is 5.97 Å². The molecule has 0 unspecified atom stereocenters. The number of halogens is 1. The summed E-state index contributed by atoms with van der Waals surface area (Å²) in [6, 6.07) is 19.0. The molecule has 0 atom stereocenters. The van der Waals surface area contributed by atoms with Crippen LogP contribution in [0.15, 0.2) is 77.7 Å². The van der Waals surface area contributed by atoms with Crippen molar-refractivity contribution >= 4 is 33.3 Å². The highest BCUT2D eigenvalue weighted by Gasteiger charge is 2.24. The van der Waals surface area contributed by atoms with Crippen LogP contribution in [0.3, 0.4) is 0 Å². The van der Waals surface area contributed by atoms with Crippen molar-refractivity contribution in [1.29, 1.82) is 0 Å². The first-order valence-electron chi connectivity index (χ1n) is 8.57. The topological polar surface area (TPSA) is 83.9 Å². The molecule has 0 aromatic heterocycles. The number of aromatic carboxylic acids is 1. The number of benzene rings is 3. The third-order valence-electron chi connectivity index (χ3n) is 4.26. The maximum absolute atomic E-state index is 12.9. The van der Waals surface area contributed by atoms with E-state index in [0.717, 1.165) is 9.87 Å². The third-order valence-corrected chi connectivity index (χ3v) is 6.28. The van der Waals surface area contributed by atoms with Gasteiger partial charge in [0.15, 0.2) is 0 Å². The van der Waals surface area contributed by atoms with Gasteiger partial charge in [-0.3, -0.25) is 4.31 Å². The van der Waals surface area contributed by atoms with Crippen LogP contribution in [-0.2, 0) is 16.6 Å². The fourth-order valence-corrected chi connectivity index (χ4v) is 4.04. The van der Waals surface area contributed by atoms with Crippen molar-refractivity contribution in [2.75, 3.05) is 11.4 Å². The van der Waals surface area contributed by atoms with Gasteiger partial charge < -0.3 is 9.84 Å². The smallest absolute Gasteiger partial charge is 0.335 e. The van der Waals surface area contributed by atoms with E-state index >= 15 is 0 Å². The molecule has 0 saturated heterocycles. The van der Waals surface area contributed by atoms with E-state index in [9.17, 15) is 13.2 Å². The molecule has 29 heavy (non-hydrogen) atoms. The van der Waals surface area contributed by atoms with Gasteiger partial charge in [0.25, 0.3) is 10.0 Å². The molecular formula is C21H18ClNO5S. The lowest BCUT2D eigenvalue weighted by Gasteiger charge is -2.22. The number of hydrogen-bond acceptors (Lipinski definition) is 4. The summed E-state index contributed by atoms with van der Waals surface area (Å²) in [4.78, 5) is 11.1. The van der Waals surface area contributed by atoms with Crippen LogP contribution in [-0.4, -0.2) is 26.5 Å². The molecule has 8 heteroatoms. The van der Waals surface area contributed by atoms with Gasteiger partial charge in [0.2, 0.25) is 0 Å². The van der Waals surface area contributed by atoms with Crippen molar-refractivity contribution < 1.29 is 23.1 Å². The van der Waals surface area contributed by atoms with E-state index in [4.69, 9.17) is 21.4 Å². The number of hydrogen-bond donors (Lipinski definition) is 1. The monoisotopic (exact) mass is 431 g/mol. The van der Waals surface area contributed by atoms with Gasteiger partial charge in [-0.2, -0.15) is 0 Å². The number of anilines is 1. The molecular weight excluding hydrogens is 414 g/mol. The Morgan fingerprint density at radius 3 is 2.31 bits per heavy atom. The Balaban J connectivity index is 1.87. The van der Waals surface area contributed by atoms with E-state index in [1.165, 1.54) is 31.3 Å². The lowest BCUT2D eigenvalue weighted by Crippen LogP contribution is -2.27. The minimum absolute atomic E-state index is 0.118. The molecule has 0 amide bonds. The van der Waals surface area contributed by atoms with E-state index < -0.39 is 16.0 Å². The van der Waals surface area contributed by atoms with Gasteiger partial charge in [-0.25, -0.2) is 13.2 Å². The highest BCUT2D eigenvalue weighted by Crippen LogP contribution is 2.34. The summed E-state index contributed by atoms with van der Waals surface area (Å²) in [6.07, 6.45) is 0. The fraction of sp³-hybridized carbons (Fsp3) is 0.0952. The average molecular weight is 432 g/mol. The third kappa shape index (κ3) is 4.70. The van der Waals surface area contributed by atoms with Crippen molar-refractivity contribution in [2.24, 2.45) is 0 Å². The highest BCUT2D eigenvalue weighted by atomic mass is 35.5. The second-order valence-corrected chi connectivity index (χ2v) is 8.59. The van der Waals surface area contributed by atoms with E-state index in [1.807, 2.05) is 0 Å². The molecule has 3 aromatic rings. The molecule has 150 valence electrons. The summed E-state index contributed by atoms with van der Waals surface area (Å²) in [7, 11) is -2.34. The Labute approximate surface area is 174 Å². The van der Waals surface area contributed by atoms with Crippen LogP contribution < -0.4 is 9.04 Å². The second kappa shape index (κ2) is 8.55. The zero-order valence-electron chi connectivity index (χ0n) is 15.4. The highest BCUT2D eigenvalue weighted by molar-refractivity contribution is 7.92. The van der Waals surface area contributed by atoms with Crippen LogP contribution in [0, 0.1) is 0 Å². The van der Waals surface area contributed by atoms with Gasteiger partial charge in [-0.15, -0.1) is 0 Å². The minimum Gasteiger partial charge on any atom is -0.487 e. The molecule has 0 aliphatic rings. The second-order valence-electron chi connectivity index (χ2n) is 6.19. The first-order valence-corrected chi connectivity index (χ1v) is 10.4. The molecule has 3 aromatic carbocycles. The Bertz CT molecular complexity index is 1120. The van der Waals surface area contributed by atoms with Crippen molar-refractivity contribution in [3.8, 4) is 5.75 Å².